The molecule has 1 aliphatic heterocycles. The van der Waals surface area contributed by atoms with Gasteiger partial charge in [-0.15, -0.1) is 11.3 Å². The molecule has 0 saturated carbocycles. The summed E-state index contributed by atoms with van der Waals surface area (Å²) in [5.41, 5.74) is 0. The van der Waals surface area contributed by atoms with Crippen molar-refractivity contribution >= 4 is 11.3 Å². The number of nitrogens with zero attached hydrogens (tertiary/aromatic N) is 1. The third-order valence-corrected chi connectivity index (χ3v) is 3.90. The highest BCUT2D eigenvalue weighted by molar-refractivity contribution is 7.11. The average molecular weight is 224 g/mol. The van der Waals surface area contributed by atoms with Gasteiger partial charge < -0.3 is 10.2 Å². The van der Waals surface area contributed by atoms with E-state index in [1.807, 2.05) is 11.3 Å². The van der Waals surface area contributed by atoms with Crippen molar-refractivity contribution in [2.45, 2.75) is 26.3 Å². The molecule has 1 saturated heterocycles. The van der Waals surface area contributed by atoms with Crippen molar-refractivity contribution in [3.63, 3.8) is 0 Å². The van der Waals surface area contributed by atoms with Crippen LogP contribution in [0.3, 0.4) is 0 Å². The molecule has 84 valence electrons. The number of hydrogen-bond acceptors (Lipinski definition) is 3. The highest BCUT2D eigenvalue weighted by Gasteiger charge is 2.09. The van der Waals surface area contributed by atoms with Crippen LogP contribution in [-0.2, 0) is 6.54 Å². The summed E-state index contributed by atoms with van der Waals surface area (Å²) in [6, 6.07) is 4.42. The van der Waals surface area contributed by atoms with Crippen molar-refractivity contribution in [2.24, 2.45) is 0 Å². The second kappa shape index (κ2) is 5.64. The molecule has 0 aliphatic carbocycles. The van der Waals surface area contributed by atoms with E-state index in [9.17, 15) is 0 Å². The molecule has 0 bridgehead atoms. The van der Waals surface area contributed by atoms with E-state index in [0.717, 1.165) is 13.1 Å². The lowest BCUT2D eigenvalue weighted by Gasteiger charge is -2.14. The molecule has 0 amide bonds. The SMILES string of the molecule is Cc1ccc(CNCCN2CCCC2)s1. The third kappa shape index (κ3) is 3.59. The van der Waals surface area contributed by atoms with Crippen LogP contribution in [0.15, 0.2) is 12.1 Å². The normalized spacial score (nSPS) is 17.4. The number of likely N-dealkylation sites (tertiary alicyclic amines) is 1. The van der Waals surface area contributed by atoms with E-state index in [-0.39, 0.29) is 0 Å². The van der Waals surface area contributed by atoms with Crippen LogP contribution in [0.5, 0.6) is 0 Å². The first-order valence-electron chi connectivity index (χ1n) is 5.83. The van der Waals surface area contributed by atoms with Crippen LogP contribution in [0, 0.1) is 6.92 Å². The summed E-state index contributed by atoms with van der Waals surface area (Å²) in [7, 11) is 0. The predicted octanol–water partition coefficient (Wildman–Crippen LogP) is 2.24. The van der Waals surface area contributed by atoms with Crippen molar-refractivity contribution in [3.05, 3.63) is 21.9 Å². The molecule has 1 fully saturated rings. The molecule has 15 heavy (non-hydrogen) atoms. The van der Waals surface area contributed by atoms with Gasteiger partial charge in [-0.2, -0.15) is 0 Å². The van der Waals surface area contributed by atoms with Crippen LogP contribution in [-0.4, -0.2) is 31.1 Å². The second-order valence-corrected chi connectivity index (χ2v) is 5.61. The first-order valence-corrected chi connectivity index (χ1v) is 6.64. The maximum atomic E-state index is 3.51. The van der Waals surface area contributed by atoms with Gasteiger partial charge in [0.25, 0.3) is 0 Å². The molecule has 2 nitrogen and oxygen atoms in total. The molecule has 0 atom stereocenters. The van der Waals surface area contributed by atoms with Crippen LogP contribution in [0.1, 0.15) is 22.6 Å². The molecule has 1 aliphatic rings. The van der Waals surface area contributed by atoms with Gasteiger partial charge in [0.15, 0.2) is 0 Å². The van der Waals surface area contributed by atoms with Crippen LogP contribution in [0.2, 0.25) is 0 Å². The van der Waals surface area contributed by atoms with Crippen molar-refractivity contribution in [1.82, 2.24) is 10.2 Å². The van der Waals surface area contributed by atoms with E-state index < -0.39 is 0 Å². The molecule has 2 heterocycles. The second-order valence-electron chi connectivity index (χ2n) is 4.24. The lowest BCUT2D eigenvalue weighted by Crippen LogP contribution is -2.29. The van der Waals surface area contributed by atoms with Gasteiger partial charge in [0.2, 0.25) is 0 Å². The number of thiophene rings is 1. The molecule has 2 rings (SSSR count). The largest absolute Gasteiger partial charge is 0.311 e. The molecular weight excluding hydrogens is 204 g/mol. The van der Waals surface area contributed by atoms with E-state index in [2.05, 4.69) is 29.3 Å². The molecule has 0 radical (unpaired) electrons. The van der Waals surface area contributed by atoms with Gasteiger partial charge in [-0.25, -0.2) is 0 Å². The van der Waals surface area contributed by atoms with E-state index in [1.54, 1.807) is 0 Å². The summed E-state index contributed by atoms with van der Waals surface area (Å²) < 4.78 is 0. The summed E-state index contributed by atoms with van der Waals surface area (Å²) in [5.74, 6) is 0. The van der Waals surface area contributed by atoms with Crippen LogP contribution >= 0.6 is 11.3 Å². The van der Waals surface area contributed by atoms with E-state index >= 15 is 0 Å². The van der Waals surface area contributed by atoms with Gasteiger partial charge in [0.05, 0.1) is 0 Å². The van der Waals surface area contributed by atoms with Gasteiger partial charge in [0.1, 0.15) is 0 Å². The Balaban J connectivity index is 1.58. The number of hydrogen-bond donors (Lipinski definition) is 1. The lowest BCUT2D eigenvalue weighted by atomic mass is 10.4. The highest BCUT2D eigenvalue weighted by Crippen LogP contribution is 2.14. The van der Waals surface area contributed by atoms with Crippen LogP contribution in [0.4, 0.5) is 0 Å². The molecular formula is C12H20N2S. The van der Waals surface area contributed by atoms with Gasteiger partial charge in [0, 0.05) is 29.4 Å². The Kier molecular flexibility index (Phi) is 4.18. The maximum Gasteiger partial charge on any atom is 0.0300 e. The Bertz CT molecular complexity index is 290. The Morgan fingerprint density at radius 3 is 2.80 bits per heavy atom. The minimum absolute atomic E-state index is 1.03. The smallest absolute Gasteiger partial charge is 0.0300 e. The summed E-state index contributed by atoms with van der Waals surface area (Å²) >= 11 is 1.89. The van der Waals surface area contributed by atoms with Crippen LogP contribution < -0.4 is 5.32 Å². The van der Waals surface area contributed by atoms with Crippen molar-refractivity contribution in [2.75, 3.05) is 26.2 Å². The molecule has 0 aromatic carbocycles. The number of aryl methyl sites for hydroxylation is 1. The van der Waals surface area contributed by atoms with Crippen molar-refractivity contribution in [1.29, 1.82) is 0 Å². The minimum atomic E-state index is 1.03. The van der Waals surface area contributed by atoms with Gasteiger partial charge in [-0.05, 0) is 45.0 Å². The fraction of sp³-hybridized carbons (Fsp3) is 0.667. The summed E-state index contributed by atoms with van der Waals surface area (Å²) in [6.45, 7) is 8.14. The number of rotatable bonds is 5. The Morgan fingerprint density at radius 2 is 2.13 bits per heavy atom. The van der Waals surface area contributed by atoms with Gasteiger partial charge in [-0.1, -0.05) is 0 Å². The molecule has 1 N–H and O–H groups in total. The van der Waals surface area contributed by atoms with Crippen molar-refractivity contribution in [3.8, 4) is 0 Å². The van der Waals surface area contributed by atoms with E-state index in [4.69, 9.17) is 0 Å². The maximum absolute atomic E-state index is 3.51. The first-order chi connectivity index (χ1) is 7.34. The quantitative estimate of drug-likeness (QED) is 0.772. The molecule has 1 aromatic heterocycles. The fourth-order valence-corrected chi connectivity index (χ4v) is 2.90. The Labute approximate surface area is 96.3 Å². The van der Waals surface area contributed by atoms with E-state index in [0.29, 0.717) is 0 Å². The third-order valence-electron chi connectivity index (χ3n) is 2.90. The number of nitrogens with one attached hydrogen (secondary N) is 1. The molecule has 3 heteroatoms. The minimum Gasteiger partial charge on any atom is -0.311 e. The molecule has 1 aromatic rings. The predicted molar refractivity (Wildman–Crippen MR) is 66.4 cm³/mol. The first kappa shape index (κ1) is 11.1. The Hall–Kier alpha value is -0.380. The summed E-state index contributed by atoms with van der Waals surface area (Å²) in [6.07, 6.45) is 2.79. The highest BCUT2D eigenvalue weighted by atomic mass is 32.1. The lowest BCUT2D eigenvalue weighted by molar-refractivity contribution is 0.336. The Morgan fingerprint density at radius 1 is 1.33 bits per heavy atom. The standard InChI is InChI=1S/C12H20N2S/c1-11-4-5-12(15-11)10-13-6-9-14-7-2-3-8-14/h4-5,13H,2-3,6-10H2,1H3. The fourth-order valence-electron chi connectivity index (χ4n) is 2.04. The monoisotopic (exact) mass is 224 g/mol. The van der Waals surface area contributed by atoms with Crippen LogP contribution in [0.25, 0.3) is 0 Å². The zero-order valence-corrected chi connectivity index (χ0v) is 10.3. The molecule has 0 spiro atoms. The summed E-state index contributed by atoms with van der Waals surface area (Å²) in [5, 5.41) is 3.51. The van der Waals surface area contributed by atoms with Gasteiger partial charge in [-0.3, -0.25) is 0 Å². The molecule has 0 unspecified atom stereocenters. The van der Waals surface area contributed by atoms with Gasteiger partial charge >= 0.3 is 0 Å². The zero-order chi connectivity index (χ0) is 10.5. The summed E-state index contributed by atoms with van der Waals surface area (Å²) in [4.78, 5) is 5.41. The van der Waals surface area contributed by atoms with Crippen molar-refractivity contribution < 1.29 is 0 Å². The zero-order valence-electron chi connectivity index (χ0n) is 9.46. The average Bonchev–Trinajstić information content (AvgIpc) is 2.84. The topological polar surface area (TPSA) is 15.3 Å². The van der Waals surface area contributed by atoms with E-state index in [1.165, 1.54) is 42.2 Å².